The van der Waals surface area contributed by atoms with Crippen molar-refractivity contribution in [1.29, 1.82) is 0 Å². The lowest BCUT2D eigenvalue weighted by Gasteiger charge is -2.31. The SMILES string of the molecule is CNC(=O)C(C)N(Cc1ccc(Cl)cc1)C(=O)CN(c1cc(C)cc(C)c1)S(C)(=O)=O. The van der Waals surface area contributed by atoms with Gasteiger partial charge in [-0.2, -0.15) is 0 Å². The topological polar surface area (TPSA) is 86.8 Å². The van der Waals surface area contributed by atoms with E-state index < -0.39 is 28.5 Å². The van der Waals surface area contributed by atoms with E-state index in [1.165, 1.54) is 11.9 Å². The largest absolute Gasteiger partial charge is 0.357 e. The molecule has 0 bridgehead atoms. The highest BCUT2D eigenvalue weighted by molar-refractivity contribution is 7.92. The van der Waals surface area contributed by atoms with Gasteiger partial charge in [-0.3, -0.25) is 13.9 Å². The van der Waals surface area contributed by atoms with Gasteiger partial charge in [0.15, 0.2) is 0 Å². The molecule has 7 nitrogen and oxygen atoms in total. The molecule has 0 fully saturated rings. The van der Waals surface area contributed by atoms with E-state index >= 15 is 0 Å². The second kappa shape index (κ2) is 10.2. The Morgan fingerprint density at radius 3 is 2.10 bits per heavy atom. The summed E-state index contributed by atoms with van der Waals surface area (Å²) >= 11 is 5.94. The molecular formula is C22H28ClN3O4S. The van der Waals surface area contributed by atoms with E-state index in [0.29, 0.717) is 10.7 Å². The van der Waals surface area contributed by atoms with E-state index in [4.69, 9.17) is 11.6 Å². The number of nitrogens with one attached hydrogen (secondary N) is 1. The number of carbonyl (C=O) groups is 2. The summed E-state index contributed by atoms with van der Waals surface area (Å²) in [6.45, 7) is 5.04. The summed E-state index contributed by atoms with van der Waals surface area (Å²) in [6.07, 6.45) is 1.06. The number of rotatable bonds is 8. The number of carbonyl (C=O) groups excluding carboxylic acids is 2. The number of likely N-dealkylation sites (N-methyl/N-ethyl adjacent to an activating group) is 1. The maximum Gasteiger partial charge on any atom is 0.244 e. The second-order valence-electron chi connectivity index (χ2n) is 7.55. The Hall–Kier alpha value is -2.58. The maximum atomic E-state index is 13.3. The van der Waals surface area contributed by atoms with Crippen molar-refractivity contribution in [3.63, 3.8) is 0 Å². The van der Waals surface area contributed by atoms with E-state index in [1.807, 2.05) is 19.9 Å². The van der Waals surface area contributed by atoms with Crippen molar-refractivity contribution in [2.24, 2.45) is 0 Å². The first kappa shape index (κ1) is 24.7. The highest BCUT2D eigenvalue weighted by Crippen LogP contribution is 2.22. The summed E-state index contributed by atoms with van der Waals surface area (Å²) in [5, 5.41) is 3.09. The molecule has 2 aromatic carbocycles. The van der Waals surface area contributed by atoms with E-state index in [9.17, 15) is 18.0 Å². The Labute approximate surface area is 189 Å². The molecule has 0 spiro atoms. The van der Waals surface area contributed by atoms with Crippen LogP contribution >= 0.6 is 11.6 Å². The molecule has 0 radical (unpaired) electrons. The molecule has 2 amide bonds. The second-order valence-corrected chi connectivity index (χ2v) is 9.90. The molecule has 2 aromatic rings. The first-order valence-corrected chi connectivity index (χ1v) is 12.0. The maximum absolute atomic E-state index is 13.3. The average Bonchev–Trinajstić information content (AvgIpc) is 2.68. The molecule has 0 aliphatic carbocycles. The molecule has 1 unspecified atom stereocenters. The van der Waals surface area contributed by atoms with Gasteiger partial charge in [0.1, 0.15) is 12.6 Å². The molecule has 2 rings (SSSR count). The highest BCUT2D eigenvalue weighted by atomic mass is 35.5. The van der Waals surface area contributed by atoms with Crippen LogP contribution in [0, 0.1) is 13.8 Å². The van der Waals surface area contributed by atoms with E-state index in [-0.39, 0.29) is 12.5 Å². The van der Waals surface area contributed by atoms with Gasteiger partial charge in [0, 0.05) is 18.6 Å². The van der Waals surface area contributed by atoms with Crippen LogP contribution in [-0.2, 0) is 26.2 Å². The van der Waals surface area contributed by atoms with Gasteiger partial charge in [-0.1, -0.05) is 29.8 Å². The van der Waals surface area contributed by atoms with Gasteiger partial charge in [0.25, 0.3) is 0 Å². The van der Waals surface area contributed by atoms with Gasteiger partial charge in [0.2, 0.25) is 21.8 Å². The molecule has 9 heteroatoms. The lowest BCUT2D eigenvalue weighted by atomic mass is 10.1. The number of nitrogens with zero attached hydrogens (tertiary/aromatic N) is 2. The number of sulfonamides is 1. The van der Waals surface area contributed by atoms with Crippen LogP contribution in [0.25, 0.3) is 0 Å². The quantitative estimate of drug-likeness (QED) is 0.649. The fraction of sp³-hybridized carbons (Fsp3) is 0.364. The molecule has 0 aliphatic rings. The predicted molar refractivity (Wildman–Crippen MR) is 124 cm³/mol. The van der Waals surface area contributed by atoms with Gasteiger partial charge in [-0.05, 0) is 61.7 Å². The number of benzene rings is 2. The standard InChI is InChI=1S/C22H28ClN3O4S/c1-15-10-16(2)12-20(11-15)26(31(5,29)30)14-21(27)25(17(3)22(28)24-4)13-18-6-8-19(23)9-7-18/h6-12,17H,13-14H2,1-5H3,(H,24,28). The van der Waals surface area contributed by atoms with Crippen molar-refractivity contribution in [2.45, 2.75) is 33.4 Å². The molecule has 31 heavy (non-hydrogen) atoms. The Morgan fingerprint density at radius 2 is 1.61 bits per heavy atom. The Kier molecular flexibility index (Phi) is 8.08. The van der Waals surface area contributed by atoms with Crippen LogP contribution < -0.4 is 9.62 Å². The molecular weight excluding hydrogens is 438 g/mol. The first-order valence-electron chi connectivity index (χ1n) is 9.74. The summed E-state index contributed by atoms with van der Waals surface area (Å²) in [5.74, 6) is -0.838. The molecule has 0 saturated carbocycles. The summed E-state index contributed by atoms with van der Waals surface area (Å²) in [4.78, 5) is 26.9. The van der Waals surface area contributed by atoms with E-state index in [1.54, 1.807) is 43.3 Å². The Balaban J connectivity index is 2.40. The van der Waals surface area contributed by atoms with Crippen molar-refractivity contribution < 1.29 is 18.0 Å². The van der Waals surface area contributed by atoms with Crippen LogP contribution in [0.5, 0.6) is 0 Å². The lowest BCUT2D eigenvalue weighted by Crippen LogP contribution is -2.50. The smallest absolute Gasteiger partial charge is 0.244 e. The number of halogens is 1. The van der Waals surface area contributed by atoms with Crippen LogP contribution in [0.2, 0.25) is 5.02 Å². The van der Waals surface area contributed by atoms with Gasteiger partial charge in [-0.15, -0.1) is 0 Å². The van der Waals surface area contributed by atoms with Gasteiger partial charge in [-0.25, -0.2) is 8.42 Å². The molecule has 0 heterocycles. The monoisotopic (exact) mass is 465 g/mol. The summed E-state index contributed by atoms with van der Waals surface area (Å²) in [6, 6.07) is 11.5. The third-order valence-electron chi connectivity index (χ3n) is 4.85. The summed E-state index contributed by atoms with van der Waals surface area (Å²) in [5.41, 5.74) is 2.94. The zero-order valence-corrected chi connectivity index (χ0v) is 19.9. The molecule has 168 valence electrons. The Morgan fingerprint density at radius 1 is 1.06 bits per heavy atom. The summed E-state index contributed by atoms with van der Waals surface area (Å²) in [7, 11) is -2.25. The number of anilines is 1. The predicted octanol–water partition coefficient (Wildman–Crippen LogP) is 2.89. The number of hydrogen-bond acceptors (Lipinski definition) is 4. The van der Waals surface area contributed by atoms with Crippen molar-refractivity contribution in [1.82, 2.24) is 10.2 Å². The third kappa shape index (κ3) is 6.70. The zero-order chi connectivity index (χ0) is 23.3. The van der Waals surface area contributed by atoms with Crippen LogP contribution in [-0.4, -0.2) is 51.0 Å². The molecule has 1 atom stereocenters. The molecule has 0 saturated heterocycles. The molecule has 0 aromatic heterocycles. The van der Waals surface area contributed by atoms with Crippen molar-refractivity contribution in [2.75, 3.05) is 24.2 Å². The fourth-order valence-electron chi connectivity index (χ4n) is 3.29. The van der Waals surface area contributed by atoms with Crippen LogP contribution in [0.15, 0.2) is 42.5 Å². The normalized spacial score (nSPS) is 12.2. The van der Waals surface area contributed by atoms with Crippen molar-refractivity contribution >= 4 is 39.1 Å². The minimum Gasteiger partial charge on any atom is -0.357 e. The highest BCUT2D eigenvalue weighted by Gasteiger charge is 2.29. The lowest BCUT2D eigenvalue weighted by molar-refractivity contribution is -0.139. The van der Waals surface area contributed by atoms with Gasteiger partial charge < -0.3 is 10.2 Å². The number of hydrogen-bond donors (Lipinski definition) is 1. The minimum absolute atomic E-state index is 0.134. The first-order chi connectivity index (χ1) is 14.4. The van der Waals surface area contributed by atoms with Gasteiger partial charge >= 0.3 is 0 Å². The fourth-order valence-corrected chi connectivity index (χ4v) is 4.25. The summed E-state index contributed by atoms with van der Waals surface area (Å²) < 4.78 is 26.1. The van der Waals surface area contributed by atoms with E-state index in [2.05, 4.69) is 5.32 Å². The zero-order valence-electron chi connectivity index (χ0n) is 18.3. The van der Waals surface area contributed by atoms with E-state index in [0.717, 1.165) is 27.3 Å². The minimum atomic E-state index is -3.74. The average molecular weight is 466 g/mol. The van der Waals surface area contributed by atoms with Crippen LogP contribution in [0.4, 0.5) is 5.69 Å². The molecule has 0 aliphatic heterocycles. The third-order valence-corrected chi connectivity index (χ3v) is 6.25. The number of aryl methyl sites for hydroxylation is 2. The van der Waals surface area contributed by atoms with Gasteiger partial charge in [0.05, 0.1) is 11.9 Å². The number of amides is 2. The Bertz CT molecular complexity index is 1030. The van der Waals surface area contributed by atoms with Crippen LogP contribution in [0.3, 0.4) is 0 Å². The molecule has 1 N–H and O–H groups in total. The van der Waals surface area contributed by atoms with Crippen LogP contribution in [0.1, 0.15) is 23.6 Å². The van der Waals surface area contributed by atoms with Crippen molar-refractivity contribution in [3.8, 4) is 0 Å². The van der Waals surface area contributed by atoms with Crippen molar-refractivity contribution in [3.05, 3.63) is 64.2 Å².